The van der Waals surface area contributed by atoms with Crippen molar-refractivity contribution in [1.82, 2.24) is 9.55 Å². The van der Waals surface area contributed by atoms with Gasteiger partial charge in [-0.15, -0.1) is 0 Å². The Kier molecular flexibility index (Phi) is 7.23. The van der Waals surface area contributed by atoms with Crippen LogP contribution >= 0.6 is 23.2 Å². The highest BCUT2D eigenvalue weighted by molar-refractivity contribution is 6.35. The Morgan fingerprint density at radius 2 is 2.14 bits per heavy atom. The Balaban J connectivity index is 1.87. The standard InChI is InChI=1S/C17H22Cl2N2O/c1-2-3-4-5-16(21-9-8-20-13-21)12-22-11-14-6-7-15(18)10-17(14)19/h6-10,13,16H,2-5,11-12H2,1H3. The largest absolute Gasteiger partial charge is 0.375 e. The van der Waals surface area contributed by atoms with E-state index >= 15 is 0 Å². The van der Waals surface area contributed by atoms with Gasteiger partial charge in [0, 0.05) is 22.4 Å². The first kappa shape index (κ1) is 17.3. The number of nitrogens with zero attached hydrogens (tertiary/aromatic N) is 2. The molecule has 1 unspecified atom stereocenters. The Morgan fingerprint density at radius 3 is 2.82 bits per heavy atom. The maximum Gasteiger partial charge on any atom is 0.0949 e. The molecule has 5 heteroatoms. The number of benzene rings is 1. The van der Waals surface area contributed by atoms with Crippen LogP contribution in [0.2, 0.25) is 10.0 Å². The number of halogens is 2. The number of ether oxygens (including phenoxy) is 1. The molecule has 0 spiro atoms. The minimum atomic E-state index is 0.320. The van der Waals surface area contributed by atoms with E-state index in [-0.39, 0.29) is 0 Å². The van der Waals surface area contributed by atoms with E-state index in [4.69, 9.17) is 27.9 Å². The van der Waals surface area contributed by atoms with Crippen LogP contribution in [0, 0.1) is 0 Å². The highest BCUT2D eigenvalue weighted by Gasteiger charge is 2.11. The smallest absolute Gasteiger partial charge is 0.0949 e. The minimum Gasteiger partial charge on any atom is -0.375 e. The summed E-state index contributed by atoms with van der Waals surface area (Å²) in [5.74, 6) is 0. The third kappa shape index (κ3) is 5.31. The summed E-state index contributed by atoms with van der Waals surface area (Å²) in [5, 5.41) is 1.29. The number of aromatic nitrogens is 2. The fourth-order valence-electron chi connectivity index (χ4n) is 2.38. The van der Waals surface area contributed by atoms with Gasteiger partial charge in [0.05, 0.1) is 25.6 Å². The van der Waals surface area contributed by atoms with Gasteiger partial charge in [-0.2, -0.15) is 0 Å². The maximum atomic E-state index is 6.17. The molecule has 3 nitrogen and oxygen atoms in total. The van der Waals surface area contributed by atoms with Crippen LogP contribution in [0.1, 0.15) is 44.2 Å². The number of hydrogen-bond donors (Lipinski definition) is 0. The van der Waals surface area contributed by atoms with Gasteiger partial charge in [0.1, 0.15) is 0 Å². The van der Waals surface area contributed by atoms with Crippen molar-refractivity contribution < 1.29 is 4.74 Å². The van der Waals surface area contributed by atoms with Crippen molar-refractivity contribution in [2.24, 2.45) is 0 Å². The number of unbranched alkanes of at least 4 members (excludes halogenated alkanes) is 2. The van der Waals surface area contributed by atoms with E-state index in [1.54, 1.807) is 6.07 Å². The molecule has 120 valence electrons. The Morgan fingerprint density at radius 1 is 1.27 bits per heavy atom. The van der Waals surface area contributed by atoms with Crippen LogP contribution in [0.5, 0.6) is 0 Å². The monoisotopic (exact) mass is 340 g/mol. The Hall–Kier alpha value is -1.03. The van der Waals surface area contributed by atoms with Crippen LogP contribution < -0.4 is 0 Å². The zero-order valence-electron chi connectivity index (χ0n) is 12.8. The van der Waals surface area contributed by atoms with Gasteiger partial charge in [-0.1, -0.05) is 55.5 Å². The third-order valence-electron chi connectivity index (χ3n) is 3.67. The van der Waals surface area contributed by atoms with Crippen molar-refractivity contribution in [1.29, 1.82) is 0 Å². The molecule has 1 aromatic heterocycles. The van der Waals surface area contributed by atoms with E-state index in [1.165, 1.54) is 19.3 Å². The van der Waals surface area contributed by atoms with Gasteiger partial charge >= 0.3 is 0 Å². The van der Waals surface area contributed by atoms with Gasteiger partial charge in [0.15, 0.2) is 0 Å². The second-order valence-corrected chi connectivity index (χ2v) is 6.25. The first-order chi connectivity index (χ1) is 10.7. The molecule has 0 saturated carbocycles. The summed E-state index contributed by atoms with van der Waals surface area (Å²) in [5.41, 5.74) is 0.962. The zero-order chi connectivity index (χ0) is 15.8. The average molecular weight is 341 g/mol. The van der Waals surface area contributed by atoms with Crippen LogP contribution in [0.3, 0.4) is 0 Å². The molecule has 1 heterocycles. The van der Waals surface area contributed by atoms with Crippen LogP contribution in [0.4, 0.5) is 0 Å². The molecule has 0 saturated heterocycles. The van der Waals surface area contributed by atoms with Crippen molar-refractivity contribution in [2.45, 2.75) is 45.3 Å². The molecule has 0 N–H and O–H groups in total. The molecule has 0 radical (unpaired) electrons. The zero-order valence-corrected chi connectivity index (χ0v) is 14.4. The van der Waals surface area contributed by atoms with Crippen molar-refractivity contribution in [3.63, 3.8) is 0 Å². The molecule has 0 amide bonds. The van der Waals surface area contributed by atoms with E-state index < -0.39 is 0 Å². The van der Waals surface area contributed by atoms with E-state index in [0.717, 1.165) is 12.0 Å². The predicted octanol–water partition coefficient (Wildman–Crippen LogP) is 5.53. The molecule has 0 aliphatic heterocycles. The van der Waals surface area contributed by atoms with Crippen LogP contribution in [0.25, 0.3) is 0 Å². The molecular weight excluding hydrogens is 319 g/mol. The van der Waals surface area contributed by atoms with Gasteiger partial charge < -0.3 is 9.30 Å². The maximum absolute atomic E-state index is 6.17. The van der Waals surface area contributed by atoms with Gasteiger partial charge in [0.25, 0.3) is 0 Å². The number of rotatable bonds is 9. The molecule has 1 atom stereocenters. The summed E-state index contributed by atoms with van der Waals surface area (Å²) in [6.45, 7) is 3.36. The normalized spacial score (nSPS) is 12.5. The summed E-state index contributed by atoms with van der Waals surface area (Å²) in [7, 11) is 0. The summed E-state index contributed by atoms with van der Waals surface area (Å²) >= 11 is 12.1. The molecule has 0 fully saturated rings. The minimum absolute atomic E-state index is 0.320. The Labute approximate surface area is 142 Å². The van der Waals surface area contributed by atoms with Crippen LogP contribution in [-0.4, -0.2) is 16.2 Å². The van der Waals surface area contributed by atoms with Crippen molar-refractivity contribution in [3.05, 3.63) is 52.5 Å². The van der Waals surface area contributed by atoms with Crippen molar-refractivity contribution >= 4 is 23.2 Å². The van der Waals surface area contributed by atoms with Gasteiger partial charge in [-0.3, -0.25) is 0 Å². The van der Waals surface area contributed by atoms with Crippen LogP contribution in [0.15, 0.2) is 36.9 Å². The fraction of sp³-hybridized carbons (Fsp3) is 0.471. The lowest BCUT2D eigenvalue weighted by molar-refractivity contribution is 0.0863. The summed E-state index contributed by atoms with van der Waals surface area (Å²) < 4.78 is 8.01. The molecule has 2 rings (SSSR count). The first-order valence-electron chi connectivity index (χ1n) is 7.69. The highest BCUT2D eigenvalue weighted by Crippen LogP contribution is 2.23. The second kappa shape index (κ2) is 9.19. The van der Waals surface area contributed by atoms with E-state index in [1.807, 2.05) is 30.9 Å². The fourth-order valence-corrected chi connectivity index (χ4v) is 2.84. The molecule has 1 aromatic carbocycles. The van der Waals surface area contributed by atoms with E-state index in [9.17, 15) is 0 Å². The Bertz CT molecular complexity index is 558. The molecule has 2 aromatic rings. The third-order valence-corrected chi connectivity index (χ3v) is 4.26. The van der Waals surface area contributed by atoms with Crippen molar-refractivity contribution in [3.8, 4) is 0 Å². The van der Waals surface area contributed by atoms with Gasteiger partial charge in [0.2, 0.25) is 0 Å². The lowest BCUT2D eigenvalue weighted by Gasteiger charge is -2.19. The molecule has 0 aliphatic carbocycles. The topological polar surface area (TPSA) is 27.1 Å². The molecule has 0 bridgehead atoms. The van der Waals surface area contributed by atoms with E-state index in [2.05, 4.69) is 16.5 Å². The first-order valence-corrected chi connectivity index (χ1v) is 8.45. The average Bonchev–Trinajstić information content (AvgIpc) is 3.02. The van der Waals surface area contributed by atoms with Crippen LogP contribution in [-0.2, 0) is 11.3 Å². The number of imidazole rings is 1. The van der Waals surface area contributed by atoms with Gasteiger partial charge in [-0.25, -0.2) is 4.98 Å². The lowest BCUT2D eigenvalue weighted by atomic mass is 10.1. The quantitative estimate of drug-likeness (QED) is 0.561. The second-order valence-electron chi connectivity index (χ2n) is 5.41. The van der Waals surface area contributed by atoms with E-state index in [0.29, 0.717) is 29.3 Å². The van der Waals surface area contributed by atoms with Crippen molar-refractivity contribution in [2.75, 3.05) is 6.61 Å². The summed E-state index contributed by atoms with van der Waals surface area (Å²) in [4.78, 5) is 4.13. The summed E-state index contributed by atoms with van der Waals surface area (Å²) in [6, 6.07) is 5.81. The van der Waals surface area contributed by atoms with Gasteiger partial charge in [-0.05, 0) is 24.1 Å². The molecule has 0 aliphatic rings. The number of hydrogen-bond acceptors (Lipinski definition) is 2. The highest BCUT2D eigenvalue weighted by atomic mass is 35.5. The molecular formula is C17H22Cl2N2O. The molecule has 22 heavy (non-hydrogen) atoms. The summed E-state index contributed by atoms with van der Waals surface area (Å²) in [6.07, 6.45) is 10.4. The lowest BCUT2D eigenvalue weighted by Crippen LogP contribution is -2.14. The predicted molar refractivity (Wildman–Crippen MR) is 91.5 cm³/mol. The SMILES string of the molecule is CCCCCC(COCc1ccc(Cl)cc1Cl)n1ccnc1.